The molecule has 3 rings (SSSR count). The lowest BCUT2D eigenvalue weighted by atomic mass is 10.1. The van der Waals surface area contributed by atoms with Crippen LogP contribution in [0.5, 0.6) is 0 Å². The summed E-state index contributed by atoms with van der Waals surface area (Å²) < 4.78 is 28.2. The van der Waals surface area contributed by atoms with Gasteiger partial charge in [0.2, 0.25) is 10.0 Å². The van der Waals surface area contributed by atoms with Gasteiger partial charge >= 0.3 is 0 Å². The molecule has 2 unspecified atom stereocenters. The number of benzene rings is 1. The van der Waals surface area contributed by atoms with Crippen LogP contribution in [0, 0.1) is 6.92 Å². The average molecular weight is 359 g/mol. The van der Waals surface area contributed by atoms with Crippen molar-refractivity contribution >= 4 is 26.0 Å². The fourth-order valence-corrected chi connectivity index (χ4v) is 5.38. The Morgan fingerprint density at radius 2 is 2.00 bits per heavy atom. The van der Waals surface area contributed by atoms with Crippen LogP contribution in [0.1, 0.15) is 24.8 Å². The van der Waals surface area contributed by atoms with Crippen molar-refractivity contribution in [1.82, 2.24) is 9.62 Å². The van der Waals surface area contributed by atoms with Gasteiger partial charge in [-0.1, -0.05) is 22.0 Å². The van der Waals surface area contributed by atoms with Gasteiger partial charge in [-0.3, -0.25) is 0 Å². The number of nitrogens with one attached hydrogen (secondary N) is 1. The summed E-state index contributed by atoms with van der Waals surface area (Å²) in [6.07, 6.45) is 3.16. The van der Waals surface area contributed by atoms with E-state index in [1.54, 1.807) is 10.4 Å². The second kappa shape index (κ2) is 5.40. The molecule has 2 bridgehead atoms. The van der Waals surface area contributed by atoms with E-state index in [9.17, 15) is 8.42 Å². The minimum Gasteiger partial charge on any atom is -0.310 e. The van der Waals surface area contributed by atoms with Crippen LogP contribution in [-0.2, 0) is 10.0 Å². The molecule has 2 aliphatic rings. The quantitative estimate of drug-likeness (QED) is 0.882. The maximum absolute atomic E-state index is 12.9. The van der Waals surface area contributed by atoms with Crippen LogP contribution >= 0.6 is 15.9 Å². The number of hydrogen-bond acceptors (Lipinski definition) is 3. The molecule has 0 amide bonds. The van der Waals surface area contributed by atoms with Gasteiger partial charge in [-0.2, -0.15) is 4.31 Å². The number of sulfonamides is 1. The molecular weight excluding hydrogens is 340 g/mol. The fourth-order valence-electron chi connectivity index (χ4n) is 3.12. The van der Waals surface area contributed by atoms with Crippen molar-refractivity contribution in [2.45, 2.75) is 43.2 Å². The van der Waals surface area contributed by atoms with E-state index in [-0.39, 0.29) is 0 Å². The zero-order valence-corrected chi connectivity index (χ0v) is 13.9. The Morgan fingerprint density at radius 1 is 1.25 bits per heavy atom. The Hall–Kier alpha value is -0.430. The summed E-state index contributed by atoms with van der Waals surface area (Å²) in [6, 6.07) is 6.23. The molecule has 0 spiro atoms. The molecule has 2 aliphatic heterocycles. The smallest absolute Gasteiger partial charge is 0.243 e. The second-order valence-electron chi connectivity index (χ2n) is 5.70. The SMILES string of the molecule is Cc1ccc(Br)cc1S(=O)(=O)N1CCC2CCC(C1)N2. The zero-order valence-electron chi connectivity index (χ0n) is 11.5. The van der Waals surface area contributed by atoms with E-state index >= 15 is 0 Å². The molecule has 0 saturated carbocycles. The summed E-state index contributed by atoms with van der Waals surface area (Å²) in [5.74, 6) is 0. The van der Waals surface area contributed by atoms with Gasteiger partial charge < -0.3 is 5.32 Å². The summed E-state index contributed by atoms with van der Waals surface area (Å²) >= 11 is 3.37. The Kier molecular flexibility index (Phi) is 3.92. The predicted molar refractivity (Wildman–Crippen MR) is 82.2 cm³/mol. The lowest BCUT2D eigenvalue weighted by Crippen LogP contribution is -2.39. The summed E-state index contributed by atoms with van der Waals surface area (Å²) in [5.41, 5.74) is 0.801. The van der Waals surface area contributed by atoms with Crippen molar-refractivity contribution in [2.24, 2.45) is 0 Å². The molecule has 6 heteroatoms. The van der Waals surface area contributed by atoms with Crippen molar-refractivity contribution in [1.29, 1.82) is 0 Å². The first-order valence-electron chi connectivity index (χ1n) is 6.99. The zero-order chi connectivity index (χ0) is 14.3. The van der Waals surface area contributed by atoms with Crippen LogP contribution < -0.4 is 5.32 Å². The maximum atomic E-state index is 12.9. The highest BCUT2D eigenvalue weighted by atomic mass is 79.9. The highest BCUT2D eigenvalue weighted by Crippen LogP contribution is 2.28. The number of nitrogens with zero attached hydrogens (tertiary/aromatic N) is 1. The molecule has 0 radical (unpaired) electrons. The van der Waals surface area contributed by atoms with Crippen LogP contribution in [0.3, 0.4) is 0 Å². The third kappa shape index (κ3) is 2.66. The minimum absolute atomic E-state index is 0.310. The van der Waals surface area contributed by atoms with Gasteiger partial charge in [0.15, 0.2) is 0 Å². The summed E-state index contributed by atoms with van der Waals surface area (Å²) in [4.78, 5) is 0.421. The van der Waals surface area contributed by atoms with E-state index in [4.69, 9.17) is 0 Å². The molecule has 4 nitrogen and oxygen atoms in total. The highest BCUT2D eigenvalue weighted by molar-refractivity contribution is 9.10. The van der Waals surface area contributed by atoms with Crippen LogP contribution in [0.25, 0.3) is 0 Å². The van der Waals surface area contributed by atoms with E-state index in [1.165, 1.54) is 6.42 Å². The van der Waals surface area contributed by atoms with Crippen molar-refractivity contribution in [3.05, 3.63) is 28.2 Å². The summed E-state index contributed by atoms with van der Waals surface area (Å²) in [6.45, 7) is 3.05. The van der Waals surface area contributed by atoms with Crippen molar-refractivity contribution in [2.75, 3.05) is 13.1 Å². The van der Waals surface area contributed by atoms with Gasteiger partial charge in [-0.25, -0.2) is 8.42 Å². The molecule has 2 heterocycles. The number of hydrogen-bond donors (Lipinski definition) is 1. The predicted octanol–water partition coefficient (Wildman–Crippen LogP) is 2.27. The topological polar surface area (TPSA) is 49.4 Å². The van der Waals surface area contributed by atoms with Crippen molar-refractivity contribution < 1.29 is 8.42 Å². The van der Waals surface area contributed by atoms with Crippen LogP contribution in [-0.4, -0.2) is 37.9 Å². The lowest BCUT2D eigenvalue weighted by Gasteiger charge is -2.24. The molecule has 1 aromatic rings. The van der Waals surface area contributed by atoms with Crippen LogP contribution in [0.2, 0.25) is 0 Å². The van der Waals surface area contributed by atoms with Crippen molar-refractivity contribution in [3.63, 3.8) is 0 Å². The third-order valence-electron chi connectivity index (χ3n) is 4.25. The number of halogens is 1. The largest absolute Gasteiger partial charge is 0.310 e. The molecule has 2 atom stereocenters. The molecule has 1 N–H and O–H groups in total. The Labute approximate surface area is 128 Å². The lowest BCUT2D eigenvalue weighted by molar-refractivity contribution is 0.383. The van der Waals surface area contributed by atoms with Crippen molar-refractivity contribution in [3.8, 4) is 0 Å². The molecule has 2 fully saturated rings. The Balaban J connectivity index is 1.93. The van der Waals surface area contributed by atoms with Gasteiger partial charge in [-0.05, 0) is 43.9 Å². The number of aryl methyl sites for hydroxylation is 1. The van der Waals surface area contributed by atoms with Gasteiger partial charge in [0, 0.05) is 29.6 Å². The van der Waals surface area contributed by atoms with Gasteiger partial charge in [0.1, 0.15) is 0 Å². The number of fused-ring (bicyclic) bond motifs is 2. The summed E-state index contributed by atoms with van der Waals surface area (Å²) in [7, 11) is -3.40. The van der Waals surface area contributed by atoms with E-state index in [0.29, 0.717) is 30.1 Å². The highest BCUT2D eigenvalue weighted by Gasteiger charge is 2.35. The summed E-state index contributed by atoms with van der Waals surface area (Å²) in [5, 5.41) is 3.52. The average Bonchev–Trinajstić information content (AvgIpc) is 2.71. The van der Waals surface area contributed by atoms with Gasteiger partial charge in [0.25, 0.3) is 0 Å². The van der Waals surface area contributed by atoms with Gasteiger partial charge in [0.05, 0.1) is 4.90 Å². The van der Waals surface area contributed by atoms with E-state index in [1.807, 2.05) is 19.1 Å². The van der Waals surface area contributed by atoms with E-state index < -0.39 is 10.0 Å². The normalized spacial score (nSPS) is 27.5. The van der Waals surface area contributed by atoms with Crippen LogP contribution in [0.4, 0.5) is 0 Å². The third-order valence-corrected chi connectivity index (χ3v) is 6.75. The number of rotatable bonds is 2. The first-order chi connectivity index (χ1) is 9.46. The molecule has 110 valence electrons. The molecule has 0 aromatic heterocycles. The molecule has 20 heavy (non-hydrogen) atoms. The first kappa shape index (κ1) is 14.5. The van der Waals surface area contributed by atoms with E-state index in [2.05, 4.69) is 21.2 Å². The molecular formula is C14H19BrN2O2S. The second-order valence-corrected chi connectivity index (χ2v) is 8.52. The monoisotopic (exact) mass is 358 g/mol. The first-order valence-corrected chi connectivity index (χ1v) is 9.22. The molecule has 2 saturated heterocycles. The Morgan fingerprint density at radius 3 is 2.80 bits per heavy atom. The van der Waals surface area contributed by atoms with E-state index in [0.717, 1.165) is 22.9 Å². The minimum atomic E-state index is -3.40. The fraction of sp³-hybridized carbons (Fsp3) is 0.571. The maximum Gasteiger partial charge on any atom is 0.243 e. The molecule has 0 aliphatic carbocycles. The van der Waals surface area contributed by atoms with Crippen LogP contribution in [0.15, 0.2) is 27.6 Å². The molecule has 1 aromatic carbocycles. The van der Waals surface area contributed by atoms with Gasteiger partial charge in [-0.15, -0.1) is 0 Å². The Bertz CT molecular complexity index is 618. The standard InChI is InChI=1S/C14H19BrN2O2S/c1-10-2-3-11(15)8-14(10)20(18,19)17-7-6-12-4-5-13(9-17)16-12/h2-3,8,12-13,16H,4-7,9H2,1H3.